The van der Waals surface area contributed by atoms with E-state index in [0.29, 0.717) is 12.2 Å². The first kappa shape index (κ1) is 20.0. The topological polar surface area (TPSA) is 79.2 Å². The lowest BCUT2D eigenvalue weighted by atomic mass is 10.0. The molecule has 0 saturated carbocycles. The van der Waals surface area contributed by atoms with Crippen LogP contribution in [0.5, 0.6) is 5.75 Å². The maximum Gasteiger partial charge on any atom is 0.214 e. The first-order valence-corrected chi connectivity index (χ1v) is 10.1. The zero-order chi connectivity index (χ0) is 19.2. The fraction of sp³-hybridized carbons (Fsp3) is 0.350. The smallest absolute Gasteiger partial charge is 0.214 e. The molecule has 26 heavy (non-hydrogen) atoms. The van der Waals surface area contributed by atoms with Gasteiger partial charge in [0.2, 0.25) is 10.0 Å². The van der Waals surface area contributed by atoms with Gasteiger partial charge >= 0.3 is 0 Å². The van der Waals surface area contributed by atoms with Gasteiger partial charge in [0.05, 0.1) is 17.7 Å². The van der Waals surface area contributed by atoms with Crippen LogP contribution in [-0.2, 0) is 16.4 Å². The average Bonchev–Trinajstić information content (AvgIpc) is 2.62. The van der Waals surface area contributed by atoms with E-state index < -0.39 is 15.3 Å². The van der Waals surface area contributed by atoms with E-state index in [1.807, 2.05) is 55.5 Å². The summed E-state index contributed by atoms with van der Waals surface area (Å²) in [4.78, 5) is 0. The molecule has 0 saturated heterocycles. The van der Waals surface area contributed by atoms with Gasteiger partial charge in [-0.05, 0) is 49.6 Å². The lowest BCUT2D eigenvalue weighted by Crippen LogP contribution is -2.37. The average molecular weight is 372 g/mol. The number of rotatable bonds is 8. The summed E-state index contributed by atoms with van der Waals surface area (Å²) in [6, 6.07) is 17.7. The van der Waals surface area contributed by atoms with E-state index in [4.69, 9.17) is 10.00 Å². The number of nitrogens with zero attached hydrogens (tertiary/aromatic N) is 1. The molecule has 1 N–H and O–H groups in total. The minimum Gasteiger partial charge on any atom is -0.489 e. The lowest BCUT2D eigenvalue weighted by molar-refractivity contribution is 0.225. The van der Waals surface area contributed by atoms with Gasteiger partial charge in [-0.3, -0.25) is 0 Å². The molecule has 1 atom stereocenters. The van der Waals surface area contributed by atoms with E-state index in [2.05, 4.69) is 10.8 Å². The van der Waals surface area contributed by atoms with Crippen LogP contribution in [0.4, 0.5) is 0 Å². The summed E-state index contributed by atoms with van der Waals surface area (Å²) in [6.07, 6.45) is 0.130. The maximum absolute atomic E-state index is 11.8. The first-order valence-electron chi connectivity index (χ1n) is 8.53. The second-order valence-electron chi connectivity index (χ2n) is 6.43. The third-order valence-corrected chi connectivity index (χ3v) is 5.76. The molecule has 0 amide bonds. The summed E-state index contributed by atoms with van der Waals surface area (Å²) in [5.74, 6) is 0.686. The Morgan fingerprint density at radius 2 is 1.54 bits per heavy atom. The van der Waals surface area contributed by atoms with Crippen LogP contribution in [0.2, 0.25) is 0 Å². The van der Waals surface area contributed by atoms with Crippen LogP contribution in [0.25, 0.3) is 11.1 Å². The Bertz CT molecular complexity index is 851. The molecule has 0 bridgehead atoms. The molecule has 138 valence electrons. The Labute approximate surface area is 155 Å². The van der Waals surface area contributed by atoms with E-state index >= 15 is 0 Å². The van der Waals surface area contributed by atoms with Gasteiger partial charge in [0, 0.05) is 6.54 Å². The molecule has 0 aliphatic rings. The van der Waals surface area contributed by atoms with Crippen molar-refractivity contribution in [2.24, 2.45) is 0 Å². The third-order valence-electron chi connectivity index (χ3n) is 3.95. The molecule has 1 unspecified atom stereocenters. The highest BCUT2D eigenvalue weighted by Crippen LogP contribution is 2.23. The predicted molar refractivity (Wildman–Crippen MR) is 103 cm³/mol. The molecule has 0 fully saturated rings. The molecule has 0 radical (unpaired) electrons. The van der Waals surface area contributed by atoms with Gasteiger partial charge in [-0.1, -0.05) is 36.4 Å². The molecule has 5 nitrogen and oxygen atoms in total. The molecule has 0 spiro atoms. The SMILES string of the molecule is CC(CNS(=O)(=O)C(C)C)Oc1ccc(-c2ccc(CC#N)cc2)cc1. The van der Waals surface area contributed by atoms with Gasteiger partial charge in [0.25, 0.3) is 0 Å². The van der Waals surface area contributed by atoms with E-state index in [-0.39, 0.29) is 12.6 Å². The van der Waals surface area contributed by atoms with Crippen LogP contribution in [0.15, 0.2) is 48.5 Å². The van der Waals surface area contributed by atoms with E-state index in [0.717, 1.165) is 16.7 Å². The molecule has 0 aromatic heterocycles. The first-order chi connectivity index (χ1) is 12.3. The van der Waals surface area contributed by atoms with Crippen molar-refractivity contribution >= 4 is 10.0 Å². The van der Waals surface area contributed by atoms with Crippen molar-refractivity contribution in [2.75, 3.05) is 6.54 Å². The standard InChI is InChI=1S/C20H24N2O3S/c1-15(2)26(23,24)22-14-16(3)25-20-10-8-19(9-11-20)18-6-4-17(5-7-18)12-13-21/h4-11,15-16,22H,12,14H2,1-3H3. The second-order valence-corrected chi connectivity index (χ2v) is 8.75. The normalized spacial score (nSPS) is 12.6. The van der Waals surface area contributed by atoms with Crippen LogP contribution in [0.3, 0.4) is 0 Å². The molecule has 0 heterocycles. The highest BCUT2D eigenvalue weighted by Gasteiger charge is 2.16. The van der Waals surface area contributed by atoms with Crippen LogP contribution >= 0.6 is 0 Å². The van der Waals surface area contributed by atoms with Crippen molar-refractivity contribution in [3.63, 3.8) is 0 Å². The van der Waals surface area contributed by atoms with E-state index in [9.17, 15) is 8.42 Å². The summed E-state index contributed by atoms with van der Waals surface area (Å²) >= 11 is 0. The van der Waals surface area contributed by atoms with Gasteiger partial charge in [-0.25, -0.2) is 13.1 Å². The Balaban J connectivity index is 1.95. The molecular formula is C20H24N2O3S. The zero-order valence-corrected chi connectivity index (χ0v) is 16.1. The molecule has 0 aliphatic carbocycles. The molecule has 2 aromatic rings. The minimum atomic E-state index is -3.29. The largest absolute Gasteiger partial charge is 0.489 e. The van der Waals surface area contributed by atoms with Crippen molar-refractivity contribution in [2.45, 2.75) is 38.5 Å². The number of hydrogen-bond donors (Lipinski definition) is 1. The number of nitriles is 1. The summed E-state index contributed by atoms with van der Waals surface area (Å²) in [5.41, 5.74) is 3.11. The fourth-order valence-electron chi connectivity index (χ4n) is 2.31. The van der Waals surface area contributed by atoms with Crippen LogP contribution in [-0.4, -0.2) is 26.3 Å². The van der Waals surface area contributed by atoms with Crippen LogP contribution in [0, 0.1) is 11.3 Å². The van der Waals surface area contributed by atoms with E-state index in [1.54, 1.807) is 13.8 Å². The van der Waals surface area contributed by atoms with Crippen molar-refractivity contribution < 1.29 is 13.2 Å². The van der Waals surface area contributed by atoms with Gasteiger partial charge in [0.1, 0.15) is 11.9 Å². The number of sulfonamides is 1. The Morgan fingerprint density at radius 1 is 1.00 bits per heavy atom. The van der Waals surface area contributed by atoms with Gasteiger partial charge in [-0.2, -0.15) is 5.26 Å². The maximum atomic E-state index is 11.8. The highest BCUT2D eigenvalue weighted by molar-refractivity contribution is 7.90. The Kier molecular flexibility index (Phi) is 6.78. The van der Waals surface area contributed by atoms with Crippen LogP contribution in [0.1, 0.15) is 26.3 Å². The number of ether oxygens (including phenoxy) is 1. The highest BCUT2D eigenvalue weighted by atomic mass is 32.2. The van der Waals surface area contributed by atoms with Gasteiger partial charge in [-0.15, -0.1) is 0 Å². The molecule has 2 rings (SSSR count). The number of hydrogen-bond acceptors (Lipinski definition) is 4. The van der Waals surface area contributed by atoms with Crippen molar-refractivity contribution in [1.29, 1.82) is 5.26 Å². The van der Waals surface area contributed by atoms with Crippen molar-refractivity contribution in [3.8, 4) is 22.9 Å². The zero-order valence-electron chi connectivity index (χ0n) is 15.3. The summed E-state index contributed by atoms with van der Waals surface area (Å²) in [6.45, 7) is 5.33. The fourth-order valence-corrected chi connectivity index (χ4v) is 3.11. The Morgan fingerprint density at radius 3 is 2.04 bits per heavy atom. The predicted octanol–water partition coefficient (Wildman–Crippen LogP) is 3.51. The second kappa shape index (κ2) is 8.84. The van der Waals surface area contributed by atoms with Crippen LogP contribution < -0.4 is 9.46 Å². The molecular weight excluding hydrogens is 348 g/mol. The van der Waals surface area contributed by atoms with Gasteiger partial charge in [0.15, 0.2) is 0 Å². The molecule has 6 heteroatoms. The minimum absolute atomic E-state index is 0.225. The molecule has 0 aliphatic heterocycles. The monoisotopic (exact) mass is 372 g/mol. The number of benzene rings is 2. The van der Waals surface area contributed by atoms with Crippen molar-refractivity contribution in [3.05, 3.63) is 54.1 Å². The van der Waals surface area contributed by atoms with E-state index in [1.165, 1.54) is 0 Å². The van der Waals surface area contributed by atoms with Crippen molar-refractivity contribution in [1.82, 2.24) is 4.72 Å². The summed E-state index contributed by atoms with van der Waals surface area (Å²) in [5, 5.41) is 8.25. The lowest BCUT2D eigenvalue weighted by Gasteiger charge is -2.17. The summed E-state index contributed by atoms with van der Waals surface area (Å²) in [7, 11) is -3.29. The Hall–Kier alpha value is -2.36. The summed E-state index contributed by atoms with van der Waals surface area (Å²) < 4.78 is 31.9. The third kappa shape index (κ3) is 5.58. The number of nitrogens with one attached hydrogen (secondary N) is 1. The molecule has 2 aromatic carbocycles. The quantitative estimate of drug-likeness (QED) is 0.769. The van der Waals surface area contributed by atoms with Gasteiger partial charge < -0.3 is 4.74 Å².